The van der Waals surface area contributed by atoms with Gasteiger partial charge in [0, 0.05) is 0 Å². The van der Waals surface area contributed by atoms with Gasteiger partial charge < -0.3 is 15.2 Å². The monoisotopic (exact) mass is 242 g/mol. The number of allylic oxidation sites excluding steroid dienone is 2. The second kappa shape index (κ2) is 6.57. The lowest BCUT2D eigenvalue weighted by atomic mass is 10.2. The summed E-state index contributed by atoms with van der Waals surface area (Å²) in [4.78, 5) is 21.8. The molecule has 0 aromatic heterocycles. The molecule has 0 atom stereocenters. The molecule has 3 N–H and O–H groups in total. The predicted octanol–water partition coefficient (Wildman–Crippen LogP) is 1.21. The SMILES string of the molecule is C=C/C=C(\NCC(=O)O)NC(=O)OC(C)(C)C. The molecule has 0 saturated carbocycles. The Bertz CT molecular complexity index is 329. The molecule has 0 spiro atoms. The van der Waals surface area contributed by atoms with Crippen LogP contribution < -0.4 is 10.6 Å². The Labute approximate surface area is 100 Å². The summed E-state index contributed by atoms with van der Waals surface area (Å²) >= 11 is 0. The minimum atomic E-state index is -1.04. The Hall–Kier alpha value is -1.98. The van der Waals surface area contributed by atoms with Crippen molar-refractivity contribution in [3.8, 4) is 0 Å². The molecule has 0 bridgehead atoms. The van der Waals surface area contributed by atoms with Gasteiger partial charge in [-0.05, 0) is 26.8 Å². The van der Waals surface area contributed by atoms with Crippen molar-refractivity contribution in [3.63, 3.8) is 0 Å². The van der Waals surface area contributed by atoms with Gasteiger partial charge >= 0.3 is 12.1 Å². The van der Waals surface area contributed by atoms with Gasteiger partial charge in [0.15, 0.2) is 0 Å². The molecule has 0 aliphatic heterocycles. The summed E-state index contributed by atoms with van der Waals surface area (Å²) in [6, 6.07) is 0. The number of carboxylic acid groups (broad SMARTS) is 1. The van der Waals surface area contributed by atoms with E-state index in [9.17, 15) is 9.59 Å². The molecule has 0 aliphatic carbocycles. The number of carbonyl (C=O) groups is 2. The van der Waals surface area contributed by atoms with Crippen molar-refractivity contribution in [3.05, 3.63) is 24.6 Å². The van der Waals surface area contributed by atoms with Crippen LogP contribution in [0.2, 0.25) is 0 Å². The highest BCUT2D eigenvalue weighted by Crippen LogP contribution is 2.06. The summed E-state index contributed by atoms with van der Waals surface area (Å²) in [5.41, 5.74) is -0.615. The van der Waals surface area contributed by atoms with Crippen LogP contribution in [-0.4, -0.2) is 29.3 Å². The predicted molar refractivity (Wildman–Crippen MR) is 63.3 cm³/mol. The average Bonchev–Trinajstić information content (AvgIpc) is 2.11. The van der Waals surface area contributed by atoms with Crippen LogP contribution in [0.3, 0.4) is 0 Å². The van der Waals surface area contributed by atoms with Crippen molar-refractivity contribution in [2.24, 2.45) is 0 Å². The van der Waals surface area contributed by atoms with E-state index in [4.69, 9.17) is 9.84 Å². The topological polar surface area (TPSA) is 87.7 Å². The summed E-state index contributed by atoms with van der Waals surface area (Å²) in [5, 5.41) is 13.4. The second-order valence-corrected chi connectivity index (χ2v) is 4.19. The fourth-order valence-corrected chi connectivity index (χ4v) is 0.847. The number of alkyl carbamates (subject to hydrolysis) is 1. The molecule has 0 rings (SSSR count). The lowest BCUT2D eigenvalue weighted by molar-refractivity contribution is -0.135. The molecule has 96 valence electrons. The molecule has 0 heterocycles. The quantitative estimate of drug-likeness (QED) is 0.631. The van der Waals surface area contributed by atoms with Gasteiger partial charge in [0.05, 0.1) is 0 Å². The van der Waals surface area contributed by atoms with Crippen LogP contribution in [0.25, 0.3) is 0 Å². The van der Waals surface area contributed by atoms with Gasteiger partial charge in [-0.2, -0.15) is 0 Å². The number of aliphatic carboxylic acids is 1. The lowest BCUT2D eigenvalue weighted by Gasteiger charge is -2.20. The molecular formula is C11H18N2O4. The van der Waals surface area contributed by atoms with E-state index in [1.165, 1.54) is 12.2 Å². The molecule has 6 heteroatoms. The second-order valence-electron chi connectivity index (χ2n) is 4.19. The smallest absolute Gasteiger partial charge is 0.413 e. The Morgan fingerprint density at radius 1 is 1.41 bits per heavy atom. The summed E-state index contributed by atoms with van der Waals surface area (Å²) in [7, 11) is 0. The average molecular weight is 242 g/mol. The van der Waals surface area contributed by atoms with Crippen LogP contribution in [0.5, 0.6) is 0 Å². The van der Waals surface area contributed by atoms with Crippen molar-refractivity contribution in [2.45, 2.75) is 26.4 Å². The van der Waals surface area contributed by atoms with Crippen molar-refractivity contribution < 1.29 is 19.4 Å². The first-order valence-corrected chi connectivity index (χ1v) is 5.03. The zero-order valence-electron chi connectivity index (χ0n) is 10.2. The number of carboxylic acids is 1. The minimum Gasteiger partial charge on any atom is -0.480 e. The molecular weight excluding hydrogens is 224 g/mol. The molecule has 0 aliphatic rings. The van der Waals surface area contributed by atoms with Gasteiger partial charge in [0.25, 0.3) is 0 Å². The summed E-state index contributed by atoms with van der Waals surface area (Å²) in [5.74, 6) is -0.817. The van der Waals surface area contributed by atoms with Crippen LogP contribution in [0.4, 0.5) is 4.79 Å². The number of hydrogen-bond donors (Lipinski definition) is 3. The Morgan fingerprint density at radius 3 is 2.41 bits per heavy atom. The van der Waals surface area contributed by atoms with Crippen LogP contribution in [0.1, 0.15) is 20.8 Å². The number of ether oxygens (including phenoxy) is 1. The molecule has 0 unspecified atom stereocenters. The van der Waals surface area contributed by atoms with E-state index >= 15 is 0 Å². The molecule has 0 aromatic carbocycles. The molecule has 6 nitrogen and oxygen atoms in total. The maximum atomic E-state index is 11.4. The Morgan fingerprint density at radius 2 is 2.00 bits per heavy atom. The fraction of sp³-hybridized carbons (Fsp3) is 0.455. The minimum absolute atomic E-state index is 0.219. The summed E-state index contributed by atoms with van der Waals surface area (Å²) < 4.78 is 5.01. The zero-order valence-corrected chi connectivity index (χ0v) is 10.2. The van der Waals surface area contributed by atoms with Crippen molar-refractivity contribution in [1.29, 1.82) is 0 Å². The van der Waals surface area contributed by atoms with E-state index in [1.54, 1.807) is 20.8 Å². The van der Waals surface area contributed by atoms with E-state index in [-0.39, 0.29) is 12.4 Å². The van der Waals surface area contributed by atoms with E-state index in [0.717, 1.165) is 0 Å². The highest BCUT2D eigenvalue weighted by molar-refractivity contribution is 5.71. The summed E-state index contributed by atoms with van der Waals surface area (Å²) in [6.45, 7) is 8.33. The van der Waals surface area contributed by atoms with Crippen LogP contribution in [0.15, 0.2) is 24.6 Å². The zero-order chi connectivity index (χ0) is 13.5. The first-order valence-electron chi connectivity index (χ1n) is 5.03. The van der Waals surface area contributed by atoms with E-state index in [1.807, 2.05) is 0 Å². The van der Waals surface area contributed by atoms with Crippen LogP contribution in [-0.2, 0) is 9.53 Å². The molecule has 0 radical (unpaired) electrons. The highest BCUT2D eigenvalue weighted by atomic mass is 16.6. The van der Waals surface area contributed by atoms with Crippen LogP contribution in [0, 0.1) is 0 Å². The van der Waals surface area contributed by atoms with Gasteiger partial charge in [-0.25, -0.2) is 4.79 Å². The van der Waals surface area contributed by atoms with Gasteiger partial charge in [-0.15, -0.1) is 0 Å². The lowest BCUT2D eigenvalue weighted by Crippen LogP contribution is -2.37. The molecule has 0 saturated heterocycles. The number of rotatable bonds is 5. The van der Waals surface area contributed by atoms with Crippen molar-refractivity contribution in [1.82, 2.24) is 10.6 Å². The number of nitrogens with one attached hydrogen (secondary N) is 2. The normalized spacial score (nSPS) is 11.6. The third kappa shape index (κ3) is 8.98. The summed E-state index contributed by atoms with van der Waals surface area (Å²) in [6.07, 6.45) is 2.19. The fourth-order valence-electron chi connectivity index (χ4n) is 0.847. The highest BCUT2D eigenvalue weighted by Gasteiger charge is 2.16. The maximum absolute atomic E-state index is 11.4. The van der Waals surface area contributed by atoms with Crippen LogP contribution >= 0.6 is 0 Å². The number of amides is 1. The largest absolute Gasteiger partial charge is 0.480 e. The first-order chi connectivity index (χ1) is 7.74. The van der Waals surface area contributed by atoms with E-state index in [0.29, 0.717) is 0 Å². The standard InChI is InChI=1S/C11H18N2O4/c1-5-6-8(12-7-9(14)15)13-10(16)17-11(2,3)4/h5-6,12H,1,7H2,2-4H3,(H,13,16)(H,14,15)/b8-6+. The Balaban J connectivity index is 4.36. The van der Waals surface area contributed by atoms with E-state index < -0.39 is 17.7 Å². The van der Waals surface area contributed by atoms with Crippen molar-refractivity contribution in [2.75, 3.05) is 6.54 Å². The van der Waals surface area contributed by atoms with Gasteiger partial charge in [-0.3, -0.25) is 10.1 Å². The Kier molecular flexibility index (Phi) is 5.80. The maximum Gasteiger partial charge on any atom is 0.413 e. The van der Waals surface area contributed by atoms with Gasteiger partial charge in [0.1, 0.15) is 18.0 Å². The van der Waals surface area contributed by atoms with Gasteiger partial charge in [0.2, 0.25) is 0 Å². The molecule has 0 fully saturated rings. The number of carbonyl (C=O) groups excluding carboxylic acids is 1. The van der Waals surface area contributed by atoms with E-state index in [2.05, 4.69) is 17.2 Å². The molecule has 17 heavy (non-hydrogen) atoms. The first kappa shape index (κ1) is 15.0. The van der Waals surface area contributed by atoms with Crippen molar-refractivity contribution >= 4 is 12.1 Å². The molecule has 0 aromatic rings. The third-order valence-electron chi connectivity index (χ3n) is 1.35. The molecule has 1 amide bonds. The van der Waals surface area contributed by atoms with Gasteiger partial charge in [-0.1, -0.05) is 12.7 Å². The number of hydrogen-bond acceptors (Lipinski definition) is 4. The third-order valence-corrected chi connectivity index (χ3v) is 1.35.